The predicted molar refractivity (Wildman–Crippen MR) is 95.0 cm³/mol. The minimum absolute atomic E-state index is 0.0801. The fraction of sp³-hybridized carbons (Fsp3) is 0.100. The van der Waals surface area contributed by atoms with Crippen molar-refractivity contribution in [2.45, 2.75) is 5.41 Å². The van der Waals surface area contributed by atoms with E-state index in [2.05, 4.69) is 0 Å². The van der Waals surface area contributed by atoms with Crippen molar-refractivity contribution < 1.29 is 14.0 Å². The molecule has 0 saturated carbocycles. The largest absolute Gasteiger partial charge is 0.366 e. The molecule has 0 aliphatic rings. The minimum Gasteiger partial charge on any atom is -0.298 e. The van der Waals surface area contributed by atoms with Crippen molar-refractivity contribution in [2.75, 3.05) is 6.61 Å². The minimum atomic E-state index is -2.69. The predicted octanol–water partition coefficient (Wildman–Crippen LogP) is 4.69. The van der Waals surface area contributed by atoms with Crippen LogP contribution in [0.15, 0.2) is 91.0 Å². The van der Waals surface area contributed by atoms with Gasteiger partial charge in [-0.15, -0.1) is 0 Å². The van der Waals surface area contributed by atoms with E-state index in [9.17, 15) is 9.46 Å². The number of benzene rings is 3. The molecule has 4 heteroatoms. The molecule has 3 nitrogen and oxygen atoms in total. The van der Waals surface area contributed by atoms with Gasteiger partial charge in [-0.1, -0.05) is 91.0 Å². The van der Waals surface area contributed by atoms with Crippen molar-refractivity contribution in [1.82, 2.24) is 0 Å². The van der Waals surface area contributed by atoms with Crippen LogP contribution in [0, 0.1) is 0 Å². The molecule has 0 amide bonds. The molecule has 1 radical (unpaired) electrons. The Morgan fingerprint density at radius 2 is 1.04 bits per heavy atom. The molecule has 3 aromatic rings. The fourth-order valence-electron chi connectivity index (χ4n) is 3.07. The summed E-state index contributed by atoms with van der Waals surface area (Å²) in [4.78, 5) is 9.24. The second kappa shape index (κ2) is 7.50. The average molecular weight is 337 g/mol. The molecule has 3 aromatic carbocycles. The lowest BCUT2D eigenvalue weighted by atomic mass is 9.70. The highest BCUT2D eigenvalue weighted by molar-refractivity contribution is 7.32. The van der Waals surface area contributed by atoms with Crippen LogP contribution in [0.2, 0.25) is 0 Å². The van der Waals surface area contributed by atoms with Crippen molar-refractivity contribution in [3.63, 3.8) is 0 Å². The quantitative estimate of drug-likeness (QED) is 0.524. The van der Waals surface area contributed by atoms with Crippen LogP contribution < -0.4 is 0 Å². The number of hydrogen-bond acceptors (Lipinski definition) is 2. The monoisotopic (exact) mass is 337 g/mol. The lowest BCUT2D eigenvalue weighted by Crippen LogP contribution is -2.34. The Balaban J connectivity index is 2.26. The molecule has 3 rings (SSSR count). The van der Waals surface area contributed by atoms with Gasteiger partial charge in [-0.2, -0.15) is 0 Å². The molecule has 1 atom stereocenters. The van der Waals surface area contributed by atoms with Gasteiger partial charge in [0.25, 0.3) is 0 Å². The molecule has 0 spiro atoms. The molecular weight excluding hydrogens is 319 g/mol. The van der Waals surface area contributed by atoms with Crippen molar-refractivity contribution in [1.29, 1.82) is 0 Å². The van der Waals surface area contributed by atoms with Crippen LogP contribution >= 0.6 is 8.25 Å². The van der Waals surface area contributed by atoms with E-state index in [1.165, 1.54) is 0 Å². The molecule has 1 unspecified atom stereocenters. The first kappa shape index (κ1) is 16.5. The zero-order valence-corrected chi connectivity index (χ0v) is 14.0. The van der Waals surface area contributed by atoms with E-state index in [4.69, 9.17) is 4.52 Å². The summed E-state index contributed by atoms with van der Waals surface area (Å²) in [6, 6.07) is 29.8. The van der Waals surface area contributed by atoms with E-state index in [1.807, 2.05) is 91.0 Å². The Morgan fingerprint density at radius 3 is 1.33 bits per heavy atom. The molecule has 0 bridgehead atoms. The van der Waals surface area contributed by atoms with Crippen LogP contribution in [0.25, 0.3) is 0 Å². The molecule has 0 saturated heterocycles. The summed E-state index contributed by atoms with van der Waals surface area (Å²) in [7, 11) is -2.69. The Kier molecular flexibility index (Phi) is 5.17. The zero-order chi connectivity index (χ0) is 16.8. The Bertz CT molecular complexity index is 692. The van der Waals surface area contributed by atoms with Gasteiger partial charge in [-0.3, -0.25) is 9.42 Å². The summed E-state index contributed by atoms with van der Waals surface area (Å²) in [6.07, 6.45) is 0. The summed E-state index contributed by atoms with van der Waals surface area (Å²) >= 11 is 0. The van der Waals surface area contributed by atoms with Crippen LogP contribution in [-0.2, 0) is 14.5 Å². The Morgan fingerprint density at radius 1 is 0.708 bits per heavy atom. The van der Waals surface area contributed by atoms with E-state index in [1.54, 1.807) is 0 Å². The third-order valence-electron chi connectivity index (χ3n) is 4.19. The van der Waals surface area contributed by atoms with Crippen molar-refractivity contribution in [3.8, 4) is 0 Å². The highest BCUT2D eigenvalue weighted by Gasteiger charge is 2.37. The van der Waals surface area contributed by atoms with Gasteiger partial charge in [0.2, 0.25) is 0 Å². The van der Waals surface area contributed by atoms with Gasteiger partial charge in [0.05, 0.1) is 12.0 Å². The second-order valence-corrected chi connectivity index (χ2v) is 6.25. The summed E-state index contributed by atoms with van der Waals surface area (Å²) in [5.41, 5.74) is 2.38. The van der Waals surface area contributed by atoms with E-state index < -0.39 is 13.7 Å². The standard InChI is InChI=1S/C20H18O3P/c21-24(22)23-16-20(17-10-4-1-5-11-17,18-12-6-2-7-13-18)19-14-8-3-9-15-19/h1-15H,16H2,(H,21,22). The maximum absolute atomic E-state index is 11.3. The SMILES string of the molecule is O=[P](O)OCC(c1ccccc1)(c1ccccc1)c1ccccc1. The van der Waals surface area contributed by atoms with Crippen molar-refractivity contribution in [2.24, 2.45) is 0 Å². The molecule has 24 heavy (non-hydrogen) atoms. The molecule has 0 aromatic heterocycles. The highest BCUT2D eigenvalue weighted by atomic mass is 31.1. The van der Waals surface area contributed by atoms with E-state index in [0.717, 1.165) is 16.7 Å². The van der Waals surface area contributed by atoms with Gasteiger partial charge < -0.3 is 0 Å². The maximum Gasteiger partial charge on any atom is 0.366 e. The summed E-state index contributed by atoms with van der Waals surface area (Å²) < 4.78 is 16.5. The maximum atomic E-state index is 11.3. The van der Waals surface area contributed by atoms with Crippen LogP contribution in [0.3, 0.4) is 0 Å². The van der Waals surface area contributed by atoms with Gasteiger partial charge in [-0.25, -0.2) is 4.57 Å². The van der Waals surface area contributed by atoms with Crippen LogP contribution in [0.4, 0.5) is 0 Å². The van der Waals surface area contributed by atoms with E-state index >= 15 is 0 Å². The average Bonchev–Trinajstić information content (AvgIpc) is 2.65. The summed E-state index contributed by atoms with van der Waals surface area (Å²) in [5, 5.41) is 0. The van der Waals surface area contributed by atoms with Gasteiger partial charge in [0, 0.05) is 0 Å². The molecule has 0 fully saturated rings. The molecule has 0 aliphatic heterocycles. The second-order valence-electron chi connectivity index (χ2n) is 5.51. The number of hydrogen-bond donors (Lipinski definition) is 1. The van der Waals surface area contributed by atoms with Gasteiger partial charge in [-0.05, 0) is 16.7 Å². The summed E-state index contributed by atoms with van der Waals surface area (Å²) in [6.45, 7) is 0.0801. The van der Waals surface area contributed by atoms with Crippen LogP contribution in [-0.4, -0.2) is 11.5 Å². The van der Waals surface area contributed by atoms with E-state index in [0.29, 0.717) is 0 Å². The molecule has 1 N–H and O–H groups in total. The van der Waals surface area contributed by atoms with Crippen LogP contribution in [0.1, 0.15) is 16.7 Å². The topological polar surface area (TPSA) is 46.5 Å². The first-order valence-electron chi connectivity index (χ1n) is 7.69. The molecule has 121 valence electrons. The third kappa shape index (κ3) is 3.29. The van der Waals surface area contributed by atoms with Gasteiger partial charge >= 0.3 is 8.25 Å². The lowest BCUT2D eigenvalue weighted by Gasteiger charge is -2.35. The van der Waals surface area contributed by atoms with Gasteiger partial charge in [0.15, 0.2) is 0 Å². The third-order valence-corrected chi connectivity index (χ3v) is 4.54. The van der Waals surface area contributed by atoms with Crippen LogP contribution in [0.5, 0.6) is 0 Å². The Hall–Kier alpha value is -2.32. The normalized spacial score (nSPS) is 12.0. The first-order chi connectivity index (χ1) is 11.7. The molecule has 0 aliphatic carbocycles. The van der Waals surface area contributed by atoms with Crippen molar-refractivity contribution >= 4 is 8.25 Å². The fourth-order valence-corrected chi connectivity index (χ4v) is 3.37. The highest BCUT2D eigenvalue weighted by Crippen LogP contribution is 2.41. The molecule has 0 heterocycles. The number of rotatable bonds is 6. The van der Waals surface area contributed by atoms with Gasteiger partial charge in [0.1, 0.15) is 0 Å². The lowest BCUT2D eigenvalue weighted by molar-refractivity contribution is 0.243. The Labute approximate surface area is 142 Å². The first-order valence-corrected chi connectivity index (χ1v) is 8.82. The smallest absolute Gasteiger partial charge is 0.298 e. The van der Waals surface area contributed by atoms with Crippen molar-refractivity contribution in [3.05, 3.63) is 108 Å². The zero-order valence-electron chi connectivity index (χ0n) is 13.1. The summed E-state index contributed by atoms with van der Waals surface area (Å²) in [5.74, 6) is 0. The van der Waals surface area contributed by atoms with E-state index in [-0.39, 0.29) is 6.61 Å². The molecular formula is C20H18O3P.